The fourth-order valence-corrected chi connectivity index (χ4v) is 4.70. The van der Waals surface area contributed by atoms with Crippen LogP contribution in [0.3, 0.4) is 0 Å². The van der Waals surface area contributed by atoms with Gasteiger partial charge in [-0.3, -0.25) is 9.59 Å². The molecule has 1 atom stereocenters. The molecule has 3 aromatic rings. The molecule has 3 heterocycles. The fraction of sp³-hybridized carbons (Fsp3) is 0.0800. The summed E-state index contributed by atoms with van der Waals surface area (Å²) in [6.45, 7) is 4.04. The van der Waals surface area contributed by atoms with Gasteiger partial charge in [0.05, 0.1) is 23.6 Å². The standard InChI is InChI=1S/C25H16N2O2/c1-3-13-25-23-20(18-9-5-7-11-21(18)26(23)14-4-2)15-17(16-28)27(25)22-12-8-6-10-19(22)24(25)29/h2,5-13,15-16H,1,14H2/t25-/m0/s1. The number of carbonyl (C=O) groups is 2. The summed E-state index contributed by atoms with van der Waals surface area (Å²) in [5.74, 6) is 2.58. The van der Waals surface area contributed by atoms with Crippen LogP contribution in [0.4, 0.5) is 5.69 Å². The molecule has 0 saturated carbocycles. The van der Waals surface area contributed by atoms with E-state index in [1.807, 2.05) is 53.1 Å². The predicted molar refractivity (Wildman–Crippen MR) is 113 cm³/mol. The van der Waals surface area contributed by atoms with Gasteiger partial charge in [0.15, 0.2) is 11.8 Å². The number of Topliss-reactive ketones (excluding diaryl/α,β-unsaturated/α-hetero) is 1. The Labute approximate surface area is 168 Å². The summed E-state index contributed by atoms with van der Waals surface area (Å²) in [6.07, 6.45) is 9.97. The molecule has 1 aromatic heterocycles. The first-order chi connectivity index (χ1) is 14.2. The molecule has 2 aliphatic rings. The number of rotatable bonds is 3. The first-order valence-electron chi connectivity index (χ1n) is 9.22. The summed E-state index contributed by atoms with van der Waals surface area (Å²) in [6, 6.07) is 15.1. The number of allylic oxidation sites excluding steroid dienone is 1. The highest BCUT2D eigenvalue weighted by molar-refractivity contribution is 6.20. The number of aromatic nitrogens is 1. The summed E-state index contributed by atoms with van der Waals surface area (Å²) < 4.78 is 1.98. The van der Waals surface area contributed by atoms with Crippen molar-refractivity contribution in [2.45, 2.75) is 12.1 Å². The molecule has 29 heavy (non-hydrogen) atoms. The van der Waals surface area contributed by atoms with Gasteiger partial charge in [0, 0.05) is 22.0 Å². The zero-order chi connectivity index (χ0) is 20.2. The molecule has 0 aliphatic carbocycles. The number of anilines is 1. The van der Waals surface area contributed by atoms with E-state index < -0.39 is 5.54 Å². The Morgan fingerprint density at radius 2 is 1.90 bits per heavy atom. The van der Waals surface area contributed by atoms with E-state index >= 15 is 0 Å². The Hall–Kier alpha value is -4.06. The lowest BCUT2D eigenvalue weighted by Gasteiger charge is -2.40. The van der Waals surface area contributed by atoms with Gasteiger partial charge in [0.25, 0.3) is 0 Å². The van der Waals surface area contributed by atoms with Gasteiger partial charge in [-0.25, -0.2) is 0 Å². The average molecular weight is 376 g/mol. The maximum Gasteiger partial charge on any atom is 0.201 e. The van der Waals surface area contributed by atoms with Crippen LogP contribution in [0, 0.1) is 12.3 Å². The predicted octanol–water partition coefficient (Wildman–Crippen LogP) is 4.07. The number of hydrogen-bond donors (Lipinski definition) is 0. The van der Waals surface area contributed by atoms with Gasteiger partial charge in [-0.1, -0.05) is 42.8 Å². The monoisotopic (exact) mass is 376 g/mol. The van der Waals surface area contributed by atoms with E-state index in [1.165, 1.54) is 0 Å². The smallest absolute Gasteiger partial charge is 0.201 e. The van der Waals surface area contributed by atoms with Gasteiger partial charge >= 0.3 is 0 Å². The Morgan fingerprint density at radius 3 is 2.66 bits per heavy atom. The highest BCUT2D eigenvalue weighted by Crippen LogP contribution is 2.53. The van der Waals surface area contributed by atoms with Crippen LogP contribution in [0.2, 0.25) is 0 Å². The minimum absolute atomic E-state index is 0.126. The first-order valence-corrected chi connectivity index (χ1v) is 9.22. The molecular weight excluding hydrogens is 360 g/mol. The number of carbonyl (C=O) groups excluding carboxylic acids is 2. The van der Waals surface area contributed by atoms with E-state index in [1.54, 1.807) is 17.0 Å². The molecule has 138 valence electrons. The van der Waals surface area contributed by atoms with Crippen molar-refractivity contribution in [2.75, 3.05) is 4.90 Å². The molecule has 0 bridgehead atoms. The van der Waals surface area contributed by atoms with Gasteiger partial charge in [0.1, 0.15) is 0 Å². The summed E-state index contributed by atoms with van der Waals surface area (Å²) in [7, 11) is 0. The number of hydrogen-bond acceptors (Lipinski definition) is 3. The number of benzene rings is 2. The summed E-state index contributed by atoms with van der Waals surface area (Å²) in [5.41, 5.74) is 5.68. The largest absolute Gasteiger partial charge is 0.329 e. The Balaban J connectivity index is 2.01. The van der Waals surface area contributed by atoms with E-state index in [2.05, 4.69) is 18.2 Å². The summed E-state index contributed by atoms with van der Waals surface area (Å²) in [4.78, 5) is 27.8. The van der Waals surface area contributed by atoms with Gasteiger partial charge in [-0.2, -0.15) is 0 Å². The van der Waals surface area contributed by atoms with Crippen LogP contribution in [0.5, 0.6) is 0 Å². The molecule has 0 spiro atoms. The molecule has 0 N–H and O–H groups in total. The van der Waals surface area contributed by atoms with Crippen molar-refractivity contribution >= 4 is 34.7 Å². The van der Waals surface area contributed by atoms with Gasteiger partial charge in [0.2, 0.25) is 5.78 Å². The second kappa shape index (κ2) is 5.97. The van der Waals surface area contributed by atoms with E-state index in [4.69, 9.17) is 6.42 Å². The van der Waals surface area contributed by atoms with Crippen LogP contribution < -0.4 is 4.90 Å². The molecule has 0 radical (unpaired) electrons. The van der Waals surface area contributed by atoms with Gasteiger partial charge in [-0.05, 0) is 30.4 Å². The zero-order valence-electron chi connectivity index (χ0n) is 15.6. The second-order valence-corrected chi connectivity index (χ2v) is 7.05. The van der Waals surface area contributed by atoms with E-state index in [-0.39, 0.29) is 5.78 Å². The van der Waals surface area contributed by atoms with Crippen molar-refractivity contribution in [2.24, 2.45) is 0 Å². The van der Waals surface area contributed by atoms with E-state index in [9.17, 15) is 9.59 Å². The SMILES string of the molecule is C#CCn1c2c(c3ccccc31)C=C(C=O)N1c3ccccc3C(=O)[C@]21C=C=C. The molecule has 0 unspecified atom stereocenters. The lowest BCUT2D eigenvalue weighted by atomic mass is 9.83. The third kappa shape index (κ3) is 1.95. The van der Waals surface area contributed by atoms with Crippen molar-refractivity contribution in [3.63, 3.8) is 0 Å². The lowest BCUT2D eigenvalue weighted by molar-refractivity contribution is -0.105. The van der Waals surface area contributed by atoms with Crippen LogP contribution in [0.25, 0.3) is 17.0 Å². The van der Waals surface area contributed by atoms with Gasteiger partial charge < -0.3 is 9.47 Å². The molecule has 2 aliphatic heterocycles. The Morgan fingerprint density at radius 1 is 1.14 bits per heavy atom. The minimum Gasteiger partial charge on any atom is -0.329 e. The molecule has 2 aromatic carbocycles. The minimum atomic E-state index is -1.26. The Kier molecular flexibility index (Phi) is 3.51. The van der Waals surface area contributed by atoms with Crippen molar-refractivity contribution in [3.8, 4) is 12.3 Å². The van der Waals surface area contributed by atoms with Crippen LogP contribution in [0.1, 0.15) is 21.6 Å². The second-order valence-electron chi connectivity index (χ2n) is 7.05. The van der Waals surface area contributed by atoms with E-state index in [0.717, 1.165) is 28.4 Å². The maximum absolute atomic E-state index is 13.9. The van der Waals surface area contributed by atoms with Crippen molar-refractivity contribution in [3.05, 3.63) is 89.4 Å². The van der Waals surface area contributed by atoms with E-state index in [0.29, 0.717) is 23.5 Å². The average Bonchev–Trinajstić information content (AvgIpc) is 3.20. The van der Waals surface area contributed by atoms with Crippen molar-refractivity contribution in [1.29, 1.82) is 0 Å². The zero-order valence-corrected chi connectivity index (χ0v) is 15.6. The normalized spacial score (nSPS) is 18.9. The number of terminal acetylenes is 1. The third-order valence-corrected chi connectivity index (χ3v) is 5.69. The van der Waals surface area contributed by atoms with Crippen molar-refractivity contribution < 1.29 is 9.59 Å². The molecule has 0 amide bonds. The maximum atomic E-state index is 13.9. The van der Waals surface area contributed by atoms with Crippen LogP contribution in [-0.4, -0.2) is 16.6 Å². The highest BCUT2D eigenvalue weighted by Gasteiger charge is 2.56. The fourth-order valence-electron chi connectivity index (χ4n) is 4.70. The molecular formula is C25H16N2O2. The van der Waals surface area contributed by atoms with Crippen LogP contribution in [0.15, 0.2) is 72.6 Å². The van der Waals surface area contributed by atoms with Crippen LogP contribution >= 0.6 is 0 Å². The van der Waals surface area contributed by atoms with Crippen molar-refractivity contribution in [1.82, 2.24) is 4.57 Å². The topological polar surface area (TPSA) is 42.3 Å². The third-order valence-electron chi connectivity index (χ3n) is 5.69. The number of ketones is 1. The molecule has 4 heteroatoms. The lowest BCUT2D eigenvalue weighted by Crippen LogP contribution is -2.49. The number of fused-ring (bicyclic) bond motifs is 7. The summed E-state index contributed by atoms with van der Waals surface area (Å²) >= 11 is 0. The number of nitrogens with zero attached hydrogens (tertiary/aromatic N) is 2. The Bertz CT molecular complexity index is 1340. The molecule has 4 nitrogen and oxygen atoms in total. The highest BCUT2D eigenvalue weighted by atomic mass is 16.1. The number of para-hydroxylation sites is 2. The summed E-state index contributed by atoms with van der Waals surface area (Å²) in [5, 5.41) is 0.942. The van der Waals surface area contributed by atoms with Crippen LogP contribution in [-0.2, 0) is 16.9 Å². The molecule has 0 saturated heterocycles. The van der Waals surface area contributed by atoms with Gasteiger partial charge in [-0.15, -0.1) is 12.2 Å². The first kappa shape index (κ1) is 17.1. The number of aldehydes is 1. The molecule has 0 fully saturated rings. The quantitative estimate of drug-likeness (QED) is 0.393. The molecule has 5 rings (SSSR count).